The lowest BCUT2D eigenvalue weighted by Gasteiger charge is -2.05. The second-order valence-corrected chi connectivity index (χ2v) is 3.65. The summed E-state index contributed by atoms with van der Waals surface area (Å²) < 4.78 is 10.7. The van der Waals surface area contributed by atoms with E-state index in [2.05, 4.69) is 15.5 Å². The smallest absolute Gasteiger partial charge is 0.315 e. The van der Waals surface area contributed by atoms with Crippen molar-refractivity contribution in [1.82, 2.24) is 10.2 Å². The Hall–Kier alpha value is -2.08. The number of ether oxygens (including phenoxy) is 1. The maximum atomic E-state index is 5.54. The van der Waals surface area contributed by atoms with Crippen LogP contribution in [0.2, 0.25) is 0 Å². The molecule has 1 aromatic carbocycles. The SMILES string of the molecule is NCc1nnc(NCCCOc2ccccc2)o1. The van der Waals surface area contributed by atoms with Crippen molar-refractivity contribution < 1.29 is 9.15 Å². The molecular weight excluding hydrogens is 232 g/mol. The molecule has 0 aliphatic rings. The van der Waals surface area contributed by atoms with E-state index in [0.717, 1.165) is 12.2 Å². The molecule has 0 fully saturated rings. The van der Waals surface area contributed by atoms with Crippen molar-refractivity contribution in [2.45, 2.75) is 13.0 Å². The Balaban J connectivity index is 1.61. The van der Waals surface area contributed by atoms with E-state index in [1.807, 2.05) is 30.3 Å². The van der Waals surface area contributed by atoms with Gasteiger partial charge in [0.1, 0.15) is 5.75 Å². The second-order valence-electron chi connectivity index (χ2n) is 3.65. The Kier molecular flexibility index (Phi) is 4.54. The van der Waals surface area contributed by atoms with Gasteiger partial charge in [0.05, 0.1) is 13.2 Å². The Bertz CT molecular complexity index is 458. The summed E-state index contributed by atoms with van der Waals surface area (Å²) in [6.07, 6.45) is 0.842. The van der Waals surface area contributed by atoms with Gasteiger partial charge in [-0.25, -0.2) is 0 Å². The van der Waals surface area contributed by atoms with E-state index in [0.29, 0.717) is 25.1 Å². The molecule has 0 amide bonds. The van der Waals surface area contributed by atoms with Crippen LogP contribution < -0.4 is 15.8 Å². The predicted octanol–water partition coefficient (Wildman–Crippen LogP) is 1.41. The van der Waals surface area contributed by atoms with Gasteiger partial charge in [-0.3, -0.25) is 0 Å². The Morgan fingerprint density at radius 1 is 1.22 bits per heavy atom. The van der Waals surface area contributed by atoms with Crippen molar-refractivity contribution in [2.24, 2.45) is 5.73 Å². The number of nitrogens with two attached hydrogens (primary N) is 1. The minimum absolute atomic E-state index is 0.256. The number of nitrogens with one attached hydrogen (secondary N) is 1. The van der Waals surface area contributed by atoms with Crippen molar-refractivity contribution in [3.8, 4) is 5.75 Å². The highest BCUT2D eigenvalue weighted by Gasteiger charge is 2.02. The quantitative estimate of drug-likeness (QED) is 0.720. The summed E-state index contributed by atoms with van der Waals surface area (Å²) in [6, 6.07) is 10.1. The molecule has 0 unspecified atom stereocenters. The van der Waals surface area contributed by atoms with Crippen molar-refractivity contribution in [3.63, 3.8) is 0 Å². The Morgan fingerprint density at radius 3 is 2.78 bits per heavy atom. The molecule has 18 heavy (non-hydrogen) atoms. The van der Waals surface area contributed by atoms with Crippen LogP contribution in [0, 0.1) is 0 Å². The summed E-state index contributed by atoms with van der Waals surface area (Å²) in [5.74, 6) is 1.30. The lowest BCUT2D eigenvalue weighted by atomic mass is 10.3. The predicted molar refractivity (Wildman–Crippen MR) is 67.2 cm³/mol. The first-order valence-electron chi connectivity index (χ1n) is 5.82. The molecule has 0 atom stereocenters. The molecule has 6 heteroatoms. The van der Waals surface area contributed by atoms with Crippen LogP contribution >= 0.6 is 0 Å². The van der Waals surface area contributed by atoms with Crippen LogP contribution in [-0.4, -0.2) is 23.3 Å². The third kappa shape index (κ3) is 3.74. The maximum Gasteiger partial charge on any atom is 0.315 e. The van der Waals surface area contributed by atoms with Crippen LogP contribution in [0.3, 0.4) is 0 Å². The lowest BCUT2D eigenvalue weighted by Crippen LogP contribution is -2.07. The summed E-state index contributed by atoms with van der Waals surface area (Å²) in [4.78, 5) is 0. The zero-order chi connectivity index (χ0) is 12.6. The number of para-hydroxylation sites is 1. The lowest BCUT2D eigenvalue weighted by molar-refractivity contribution is 0.314. The first kappa shape index (κ1) is 12.4. The second kappa shape index (κ2) is 6.61. The van der Waals surface area contributed by atoms with E-state index < -0.39 is 0 Å². The molecule has 0 spiro atoms. The van der Waals surface area contributed by atoms with Crippen molar-refractivity contribution in [2.75, 3.05) is 18.5 Å². The Morgan fingerprint density at radius 2 is 2.06 bits per heavy atom. The number of hydrogen-bond acceptors (Lipinski definition) is 6. The van der Waals surface area contributed by atoms with Gasteiger partial charge in [-0.15, -0.1) is 5.10 Å². The summed E-state index contributed by atoms with van der Waals surface area (Å²) in [5, 5.41) is 10.5. The third-order valence-corrected chi connectivity index (χ3v) is 2.25. The minimum Gasteiger partial charge on any atom is -0.494 e. The van der Waals surface area contributed by atoms with Gasteiger partial charge >= 0.3 is 6.01 Å². The summed E-state index contributed by atoms with van der Waals surface area (Å²) in [6.45, 7) is 1.60. The topological polar surface area (TPSA) is 86.2 Å². The van der Waals surface area contributed by atoms with E-state index in [-0.39, 0.29) is 6.54 Å². The molecular formula is C12H16N4O2. The molecule has 1 aromatic heterocycles. The minimum atomic E-state index is 0.256. The molecule has 0 saturated carbocycles. The molecule has 0 saturated heterocycles. The molecule has 0 radical (unpaired) electrons. The first-order valence-corrected chi connectivity index (χ1v) is 5.82. The summed E-state index contributed by atoms with van der Waals surface area (Å²) in [5.41, 5.74) is 5.36. The fraction of sp³-hybridized carbons (Fsp3) is 0.333. The van der Waals surface area contributed by atoms with Crippen LogP contribution in [-0.2, 0) is 6.54 Å². The van der Waals surface area contributed by atoms with Gasteiger partial charge in [0, 0.05) is 6.54 Å². The molecule has 2 aromatic rings. The fourth-order valence-corrected chi connectivity index (χ4v) is 1.38. The first-order chi connectivity index (χ1) is 8.88. The molecule has 2 rings (SSSR count). The van der Waals surface area contributed by atoms with Gasteiger partial charge in [0.25, 0.3) is 0 Å². The van der Waals surface area contributed by atoms with E-state index in [1.165, 1.54) is 0 Å². The molecule has 3 N–H and O–H groups in total. The summed E-state index contributed by atoms with van der Waals surface area (Å²) >= 11 is 0. The van der Waals surface area contributed by atoms with Gasteiger partial charge in [-0.2, -0.15) is 0 Å². The maximum absolute atomic E-state index is 5.54. The fourth-order valence-electron chi connectivity index (χ4n) is 1.38. The number of nitrogens with zero attached hydrogens (tertiary/aromatic N) is 2. The van der Waals surface area contributed by atoms with Crippen molar-refractivity contribution in [3.05, 3.63) is 36.2 Å². The zero-order valence-electron chi connectivity index (χ0n) is 10.0. The zero-order valence-corrected chi connectivity index (χ0v) is 10.0. The number of benzene rings is 1. The molecule has 6 nitrogen and oxygen atoms in total. The highest BCUT2D eigenvalue weighted by Crippen LogP contribution is 2.08. The summed E-state index contributed by atoms with van der Waals surface area (Å²) in [7, 11) is 0. The van der Waals surface area contributed by atoms with Crippen molar-refractivity contribution in [1.29, 1.82) is 0 Å². The molecule has 96 valence electrons. The van der Waals surface area contributed by atoms with Crippen molar-refractivity contribution >= 4 is 6.01 Å². The highest BCUT2D eigenvalue weighted by atomic mass is 16.5. The number of rotatable bonds is 7. The monoisotopic (exact) mass is 248 g/mol. The van der Waals surface area contributed by atoms with Crippen LogP contribution in [0.25, 0.3) is 0 Å². The average Bonchev–Trinajstić information content (AvgIpc) is 2.87. The van der Waals surface area contributed by atoms with Gasteiger partial charge < -0.3 is 20.2 Å². The molecule has 1 heterocycles. The van der Waals surface area contributed by atoms with E-state index in [4.69, 9.17) is 14.9 Å². The Labute approximate surface area is 105 Å². The van der Waals surface area contributed by atoms with Crippen LogP contribution in [0.1, 0.15) is 12.3 Å². The van der Waals surface area contributed by atoms with Gasteiger partial charge in [0.2, 0.25) is 5.89 Å². The van der Waals surface area contributed by atoms with Gasteiger partial charge in [-0.05, 0) is 18.6 Å². The van der Waals surface area contributed by atoms with E-state index >= 15 is 0 Å². The van der Waals surface area contributed by atoms with Gasteiger partial charge in [-0.1, -0.05) is 23.3 Å². The van der Waals surface area contributed by atoms with Gasteiger partial charge in [0.15, 0.2) is 0 Å². The highest BCUT2D eigenvalue weighted by molar-refractivity contribution is 5.21. The van der Waals surface area contributed by atoms with E-state index in [1.54, 1.807) is 0 Å². The normalized spacial score (nSPS) is 10.3. The number of hydrogen-bond donors (Lipinski definition) is 2. The number of aromatic nitrogens is 2. The number of anilines is 1. The molecule has 0 bridgehead atoms. The molecule has 0 aliphatic heterocycles. The third-order valence-electron chi connectivity index (χ3n) is 2.25. The average molecular weight is 248 g/mol. The van der Waals surface area contributed by atoms with Crippen LogP contribution in [0.4, 0.5) is 6.01 Å². The standard InChI is InChI=1S/C12H16N4O2/c13-9-11-15-16-12(18-11)14-7-4-8-17-10-5-2-1-3-6-10/h1-3,5-6H,4,7-9,13H2,(H,14,16). The van der Waals surface area contributed by atoms with E-state index in [9.17, 15) is 0 Å². The van der Waals surface area contributed by atoms with Crippen LogP contribution in [0.15, 0.2) is 34.7 Å². The van der Waals surface area contributed by atoms with Crippen LogP contribution in [0.5, 0.6) is 5.75 Å². The largest absolute Gasteiger partial charge is 0.494 e. The molecule has 0 aliphatic carbocycles.